The minimum absolute atomic E-state index is 0.0897. The number of aliphatic hydroxyl groups excluding tert-OH is 1. The SMILES string of the molecule is C[C@@H]1C(O)=C(C#N)C[C@]2(C)C3=CC(=O)[C@]4(O)C5CC(C)(C)CC[C@]5(C(=O)O)CC[C@@]4(C)[C@]3(C)CC[C@@H]12. The predicted molar refractivity (Wildman–Crippen MR) is 135 cm³/mol. The molecular weight excluding hydrogens is 454 g/mol. The third-order valence-electron chi connectivity index (χ3n) is 12.4. The molecule has 0 radical (unpaired) electrons. The highest BCUT2D eigenvalue weighted by Gasteiger charge is 2.76. The van der Waals surface area contributed by atoms with Crippen LogP contribution >= 0.6 is 0 Å². The van der Waals surface area contributed by atoms with E-state index >= 15 is 0 Å². The largest absolute Gasteiger partial charge is 0.511 e. The molecule has 3 N–H and O–H groups in total. The Hall–Kier alpha value is -2.13. The van der Waals surface area contributed by atoms with Gasteiger partial charge in [0.25, 0.3) is 0 Å². The molecule has 0 amide bonds. The van der Waals surface area contributed by atoms with Gasteiger partial charge in [0.2, 0.25) is 0 Å². The van der Waals surface area contributed by atoms with Crippen molar-refractivity contribution in [1.29, 1.82) is 5.26 Å². The van der Waals surface area contributed by atoms with E-state index in [0.717, 1.165) is 24.8 Å². The van der Waals surface area contributed by atoms with Gasteiger partial charge in [-0.2, -0.15) is 5.26 Å². The molecule has 0 saturated heterocycles. The van der Waals surface area contributed by atoms with Crippen molar-refractivity contribution >= 4 is 11.8 Å². The Morgan fingerprint density at radius 3 is 2.33 bits per heavy atom. The Bertz CT molecular complexity index is 1160. The van der Waals surface area contributed by atoms with E-state index in [1.165, 1.54) is 0 Å². The summed E-state index contributed by atoms with van der Waals surface area (Å²) in [5.41, 5.74) is -3.50. The molecule has 3 fully saturated rings. The van der Waals surface area contributed by atoms with Crippen LogP contribution < -0.4 is 0 Å². The highest BCUT2D eigenvalue weighted by molar-refractivity contribution is 6.01. The van der Waals surface area contributed by atoms with Gasteiger partial charge in [-0.3, -0.25) is 9.59 Å². The zero-order valence-electron chi connectivity index (χ0n) is 22.6. The van der Waals surface area contributed by atoms with E-state index in [-0.39, 0.29) is 28.8 Å². The predicted octanol–water partition coefficient (Wildman–Crippen LogP) is 5.72. The van der Waals surface area contributed by atoms with E-state index in [1.807, 2.05) is 13.8 Å². The number of aliphatic carboxylic acids is 1. The maximum Gasteiger partial charge on any atom is 0.310 e. The first kappa shape index (κ1) is 25.5. The lowest BCUT2D eigenvalue weighted by atomic mass is 9.33. The zero-order chi connectivity index (χ0) is 26.7. The number of carbonyl (C=O) groups excluding carboxylic acids is 1. The molecule has 0 spiro atoms. The molecule has 6 nitrogen and oxygen atoms in total. The number of carbonyl (C=O) groups is 2. The van der Waals surface area contributed by atoms with Crippen molar-refractivity contribution < 1.29 is 24.9 Å². The number of fused-ring (bicyclic) bond motifs is 7. The Morgan fingerprint density at radius 1 is 1.08 bits per heavy atom. The van der Waals surface area contributed by atoms with Crippen LogP contribution in [-0.2, 0) is 9.59 Å². The monoisotopic (exact) mass is 495 g/mol. The average Bonchev–Trinajstić information content (AvgIpc) is 2.80. The van der Waals surface area contributed by atoms with Gasteiger partial charge in [-0.25, -0.2) is 0 Å². The first-order valence-electron chi connectivity index (χ1n) is 13.6. The van der Waals surface area contributed by atoms with Gasteiger partial charge < -0.3 is 15.3 Å². The van der Waals surface area contributed by atoms with Crippen LogP contribution in [-0.4, -0.2) is 32.7 Å². The van der Waals surface area contributed by atoms with Crippen molar-refractivity contribution in [3.05, 3.63) is 23.0 Å². The lowest BCUT2D eigenvalue weighted by molar-refractivity contribution is -0.247. The number of nitrogens with zero attached hydrogens (tertiary/aromatic N) is 1. The van der Waals surface area contributed by atoms with Crippen LogP contribution in [0.2, 0.25) is 0 Å². The van der Waals surface area contributed by atoms with Crippen molar-refractivity contribution in [2.24, 2.45) is 44.8 Å². The minimum Gasteiger partial charge on any atom is -0.511 e. The van der Waals surface area contributed by atoms with Gasteiger partial charge in [0, 0.05) is 17.3 Å². The summed E-state index contributed by atoms with van der Waals surface area (Å²) in [5, 5.41) is 43.7. The van der Waals surface area contributed by atoms with E-state index < -0.39 is 39.1 Å². The van der Waals surface area contributed by atoms with Gasteiger partial charge in [0.1, 0.15) is 11.4 Å². The molecule has 8 atom stereocenters. The van der Waals surface area contributed by atoms with Crippen molar-refractivity contribution in [3.63, 3.8) is 0 Å². The lowest BCUT2D eigenvalue weighted by Gasteiger charge is -2.71. The van der Waals surface area contributed by atoms with Crippen LogP contribution in [0.25, 0.3) is 0 Å². The number of ketones is 1. The molecule has 3 saturated carbocycles. The molecule has 5 aliphatic rings. The third-order valence-corrected chi connectivity index (χ3v) is 12.4. The molecule has 0 aromatic carbocycles. The number of rotatable bonds is 1. The summed E-state index contributed by atoms with van der Waals surface area (Å²) >= 11 is 0. The molecule has 36 heavy (non-hydrogen) atoms. The second-order valence-electron chi connectivity index (χ2n) is 14.2. The molecule has 5 aliphatic carbocycles. The van der Waals surface area contributed by atoms with Gasteiger partial charge in [0.15, 0.2) is 5.78 Å². The zero-order valence-corrected chi connectivity index (χ0v) is 22.6. The van der Waals surface area contributed by atoms with Crippen LogP contribution in [0.15, 0.2) is 23.0 Å². The Kier molecular flexibility index (Phi) is 5.14. The minimum atomic E-state index is -1.76. The van der Waals surface area contributed by atoms with Crippen molar-refractivity contribution in [2.45, 2.75) is 98.5 Å². The number of carboxylic acids is 1. The first-order chi connectivity index (χ1) is 16.5. The maximum absolute atomic E-state index is 14.3. The van der Waals surface area contributed by atoms with Crippen LogP contribution in [0.5, 0.6) is 0 Å². The van der Waals surface area contributed by atoms with Gasteiger partial charge in [-0.15, -0.1) is 0 Å². The molecule has 6 heteroatoms. The first-order valence-corrected chi connectivity index (χ1v) is 13.6. The number of aliphatic hydroxyl groups is 2. The molecule has 0 aromatic rings. The number of carboxylic acid groups (broad SMARTS) is 1. The topological polar surface area (TPSA) is 119 Å². The lowest BCUT2D eigenvalue weighted by Crippen LogP contribution is -2.74. The van der Waals surface area contributed by atoms with Crippen molar-refractivity contribution in [2.75, 3.05) is 0 Å². The third kappa shape index (κ3) is 2.71. The highest BCUT2D eigenvalue weighted by atomic mass is 16.4. The molecule has 1 unspecified atom stereocenters. The quantitative estimate of drug-likeness (QED) is 0.428. The van der Waals surface area contributed by atoms with Gasteiger partial charge in [-0.05, 0) is 79.6 Å². The fourth-order valence-corrected chi connectivity index (χ4v) is 9.90. The van der Waals surface area contributed by atoms with E-state index in [1.54, 1.807) is 6.08 Å². The molecule has 0 heterocycles. The number of hydrogen-bond acceptors (Lipinski definition) is 5. The molecule has 0 aliphatic heterocycles. The Labute approximate surface area is 214 Å². The normalized spacial score (nSPS) is 49.6. The number of nitriles is 1. The summed E-state index contributed by atoms with van der Waals surface area (Å²) in [5.74, 6) is -1.83. The summed E-state index contributed by atoms with van der Waals surface area (Å²) in [6.07, 6.45) is 6.26. The van der Waals surface area contributed by atoms with E-state index in [9.17, 15) is 30.2 Å². The molecule has 0 bridgehead atoms. The van der Waals surface area contributed by atoms with Gasteiger partial charge in [0.05, 0.1) is 17.1 Å². The highest BCUT2D eigenvalue weighted by Crippen LogP contribution is 2.75. The number of hydrogen-bond donors (Lipinski definition) is 3. The molecular formula is C30H41NO5. The second kappa shape index (κ2) is 7.25. The van der Waals surface area contributed by atoms with Crippen LogP contribution in [0.1, 0.15) is 92.9 Å². The van der Waals surface area contributed by atoms with Crippen molar-refractivity contribution in [3.8, 4) is 6.07 Å². The standard InChI is InChI=1S/C30H41NO5/c1-17-19-7-8-27(5)20(26(19,4)14-18(16-31)23(17)33)13-22(32)30(36)21-15-25(2,3)9-11-29(21,24(34)35)12-10-28(27,30)6/h13,17,19,21,33,36H,7-12,14-15H2,1-6H3,(H,34,35)/t17-,19-,21?,26-,27+,28-,29-,30+/m0/s1. The second-order valence-corrected chi connectivity index (χ2v) is 14.2. The van der Waals surface area contributed by atoms with E-state index in [2.05, 4.69) is 33.8 Å². The Balaban J connectivity index is 1.72. The number of allylic oxidation sites excluding steroid dienone is 3. The fraction of sp³-hybridized carbons (Fsp3) is 0.767. The average molecular weight is 496 g/mol. The van der Waals surface area contributed by atoms with Crippen LogP contribution in [0.4, 0.5) is 0 Å². The summed E-state index contributed by atoms with van der Waals surface area (Å²) in [4.78, 5) is 27.0. The maximum atomic E-state index is 14.3. The molecule has 5 rings (SSSR count). The molecule has 0 aromatic heterocycles. The van der Waals surface area contributed by atoms with Gasteiger partial charge >= 0.3 is 5.97 Å². The van der Waals surface area contributed by atoms with Crippen molar-refractivity contribution in [1.82, 2.24) is 0 Å². The van der Waals surface area contributed by atoms with Gasteiger partial charge in [-0.1, -0.05) is 47.1 Å². The summed E-state index contributed by atoms with van der Waals surface area (Å²) in [6, 6.07) is 2.20. The summed E-state index contributed by atoms with van der Waals surface area (Å²) in [7, 11) is 0. The van der Waals surface area contributed by atoms with E-state index in [4.69, 9.17) is 0 Å². The van der Waals surface area contributed by atoms with Crippen LogP contribution in [0.3, 0.4) is 0 Å². The summed E-state index contributed by atoms with van der Waals surface area (Å²) in [6.45, 7) is 12.5. The van der Waals surface area contributed by atoms with Crippen LogP contribution in [0, 0.1) is 56.2 Å². The molecule has 196 valence electrons. The smallest absolute Gasteiger partial charge is 0.310 e. The summed E-state index contributed by atoms with van der Waals surface area (Å²) < 4.78 is 0. The Morgan fingerprint density at radius 2 is 1.72 bits per heavy atom. The van der Waals surface area contributed by atoms with E-state index in [0.29, 0.717) is 37.7 Å². The fourth-order valence-electron chi connectivity index (χ4n) is 9.90.